The van der Waals surface area contributed by atoms with E-state index in [0.29, 0.717) is 11.8 Å². The number of ether oxygens (including phenoxy) is 2. The van der Waals surface area contributed by atoms with Crippen LogP contribution in [0.1, 0.15) is 34.1 Å². The fourth-order valence-corrected chi connectivity index (χ4v) is 2.84. The topological polar surface area (TPSA) is 18.5 Å². The third kappa shape index (κ3) is 0.962. The third-order valence-corrected chi connectivity index (χ3v) is 4.42. The van der Waals surface area contributed by atoms with E-state index in [1.54, 1.807) is 0 Å². The zero-order chi connectivity index (χ0) is 9.69. The summed E-state index contributed by atoms with van der Waals surface area (Å²) in [5.41, 5.74) is -0.0884. The van der Waals surface area contributed by atoms with Crippen LogP contribution in [0.3, 0.4) is 0 Å². The summed E-state index contributed by atoms with van der Waals surface area (Å²) in [5.74, 6) is 1.09. The van der Waals surface area contributed by atoms with Crippen molar-refractivity contribution in [3.63, 3.8) is 0 Å². The normalized spacial score (nSPS) is 55.4. The van der Waals surface area contributed by atoms with Gasteiger partial charge in [-0.2, -0.15) is 0 Å². The molecule has 0 bridgehead atoms. The van der Waals surface area contributed by atoms with E-state index < -0.39 is 0 Å². The summed E-state index contributed by atoms with van der Waals surface area (Å²) in [7, 11) is 0. The SMILES string of the molecule is CCC1CO[C@]2(C)C(C)CO[C@]12C. The summed E-state index contributed by atoms with van der Waals surface area (Å²) < 4.78 is 11.9. The molecule has 2 rings (SSSR count). The summed E-state index contributed by atoms with van der Waals surface area (Å²) >= 11 is 0. The van der Waals surface area contributed by atoms with Gasteiger partial charge in [0.1, 0.15) is 0 Å². The molecule has 2 saturated heterocycles. The standard InChI is InChI=1S/C11H20O2/c1-5-9-7-13-10(3)8(2)6-12-11(9,10)4/h8-9H,5-7H2,1-4H3/t8?,9?,10-,11-/m1/s1. The second-order valence-electron chi connectivity index (χ2n) is 4.84. The first kappa shape index (κ1) is 9.47. The van der Waals surface area contributed by atoms with E-state index in [9.17, 15) is 0 Å². The molecule has 2 aliphatic heterocycles. The molecule has 0 aliphatic carbocycles. The minimum atomic E-state index is -0.0479. The molecule has 0 N–H and O–H groups in total. The highest BCUT2D eigenvalue weighted by atomic mass is 16.6. The predicted molar refractivity (Wildman–Crippen MR) is 51.7 cm³/mol. The Morgan fingerprint density at radius 2 is 1.77 bits per heavy atom. The molecule has 0 aromatic rings. The smallest absolute Gasteiger partial charge is 0.0993 e. The molecule has 0 spiro atoms. The molecule has 2 heterocycles. The Kier molecular flexibility index (Phi) is 1.97. The van der Waals surface area contributed by atoms with Crippen molar-refractivity contribution in [2.24, 2.45) is 11.8 Å². The molecular weight excluding hydrogens is 164 g/mol. The van der Waals surface area contributed by atoms with E-state index in [2.05, 4.69) is 27.7 Å². The molecule has 0 radical (unpaired) electrons. The third-order valence-electron chi connectivity index (χ3n) is 4.42. The van der Waals surface area contributed by atoms with Gasteiger partial charge in [0.25, 0.3) is 0 Å². The van der Waals surface area contributed by atoms with Crippen molar-refractivity contribution >= 4 is 0 Å². The lowest BCUT2D eigenvalue weighted by Gasteiger charge is -2.36. The van der Waals surface area contributed by atoms with Crippen molar-refractivity contribution in [1.82, 2.24) is 0 Å². The maximum absolute atomic E-state index is 5.96. The van der Waals surface area contributed by atoms with Crippen LogP contribution in [0.5, 0.6) is 0 Å². The Bertz CT molecular complexity index is 216. The van der Waals surface area contributed by atoms with E-state index in [1.165, 1.54) is 0 Å². The van der Waals surface area contributed by atoms with E-state index >= 15 is 0 Å². The summed E-state index contributed by atoms with van der Waals surface area (Å²) in [6.45, 7) is 10.6. The lowest BCUT2D eigenvalue weighted by Crippen LogP contribution is -2.48. The molecule has 13 heavy (non-hydrogen) atoms. The molecule has 0 aromatic heterocycles. The van der Waals surface area contributed by atoms with Crippen molar-refractivity contribution in [2.45, 2.75) is 45.3 Å². The lowest BCUT2D eigenvalue weighted by molar-refractivity contribution is -0.0827. The quantitative estimate of drug-likeness (QED) is 0.622. The summed E-state index contributed by atoms with van der Waals surface area (Å²) in [5, 5.41) is 0. The van der Waals surface area contributed by atoms with Crippen molar-refractivity contribution in [1.29, 1.82) is 0 Å². The highest BCUT2D eigenvalue weighted by Gasteiger charge is 2.62. The molecule has 0 saturated carbocycles. The molecule has 76 valence electrons. The highest BCUT2D eigenvalue weighted by Crippen LogP contribution is 2.52. The van der Waals surface area contributed by atoms with Crippen molar-refractivity contribution in [2.75, 3.05) is 13.2 Å². The van der Waals surface area contributed by atoms with Gasteiger partial charge in [-0.15, -0.1) is 0 Å². The van der Waals surface area contributed by atoms with E-state index in [1.807, 2.05) is 0 Å². The summed E-state index contributed by atoms with van der Waals surface area (Å²) in [4.78, 5) is 0. The number of fused-ring (bicyclic) bond motifs is 1. The fourth-order valence-electron chi connectivity index (χ4n) is 2.84. The maximum Gasteiger partial charge on any atom is 0.0993 e. The van der Waals surface area contributed by atoms with Gasteiger partial charge in [-0.3, -0.25) is 0 Å². The van der Waals surface area contributed by atoms with Gasteiger partial charge in [0.05, 0.1) is 24.4 Å². The maximum atomic E-state index is 5.96. The van der Waals surface area contributed by atoms with Crippen molar-refractivity contribution in [3.05, 3.63) is 0 Å². The molecule has 2 aliphatic rings. The first-order chi connectivity index (χ1) is 6.04. The average Bonchev–Trinajstić information content (AvgIpc) is 2.48. The number of hydrogen-bond acceptors (Lipinski definition) is 2. The fraction of sp³-hybridized carbons (Fsp3) is 1.00. The van der Waals surface area contributed by atoms with Gasteiger partial charge < -0.3 is 9.47 Å². The monoisotopic (exact) mass is 184 g/mol. The molecule has 2 unspecified atom stereocenters. The summed E-state index contributed by atoms with van der Waals surface area (Å²) in [6.07, 6.45) is 1.15. The molecule has 0 amide bonds. The summed E-state index contributed by atoms with van der Waals surface area (Å²) in [6, 6.07) is 0. The van der Waals surface area contributed by atoms with Gasteiger partial charge in [-0.1, -0.05) is 13.8 Å². The van der Waals surface area contributed by atoms with Gasteiger partial charge in [0.2, 0.25) is 0 Å². The van der Waals surface area contributed by atoms with Crippen LogP contribution in [0.2, 0.25) is 0 Å². The van der Waals surface area contributed by atoms with Crippen LogP contribution in [0, 0.1) is 11.8 Å². The molecule has 0 aromatic carbocycles. The Morgan fingerprint density at radius 3 is 2.38 bits per heavy atom. The van der Waals surface area contributed by atoms with E-state index in [4.69, 9.17) is 9.47 Å². The van der Waals surface area contributed by atoms with Crippen LogP contribution in [0.15, 0.2) is 0 Å². The van der Waals surface area contributed by atoms with Gasteiger partial charge in [-0.05, 0) is 20.3 Å². The van der Waals surface area contributed by atoms with E-state index in [-0.39, 0.29) is 11.2 Å². The minimum Gasteiger partial charge on any atom is -0.372 e. The Balaban J connectivity index is 2.32. The second-order valence-corrected chi connectivity index (χ2v) is 4.84. The van der Waals surface area contributed by atoms with Crippen LogP contribution < -0.4 is 0 Å². The van der Waals surface area contributed by atoms with Crippen LogP contribution in [0.4, 0.5) is 0 Å². The highest BCUT2D eigenvalue weighted by molar-refractivity contribution is 5.11. The molecule has 2 fully saturated rings. The van der Waals surface area contributed by atoms with Crippen molar-refractivity contribution < 1.29 is 9.47 Å². The van der Waals surface area contributed by atoms with Gasteiger partial charge >= 0.3 is 0 Å². The van der Waals surface area contributed by atoms with Gasteiger partial charge in [0, 0.05) is 11.8 Å². The number of hydrogen-bond donors (Lipinski definition) is 0. The first-order valence-corrected chi connectivity index (χ1v) is 5.32. The van der Waals surface area contributed by atoms with Crippen molar-refractivity contribution in [3.8, 4) is 0 Å². The average molecular weight is 184 g/mol. The Labute approximate surface area is 80.6 Å². The van der Waals surface area contributed by atoms with E-state index in [0.717, 1.165) is 19.6 Å². The molecule has 4 atom stereocenters. The Hall–Kier alpha value is -0.0800. The molecular formula is C11H20O2. The first-order valence-electron chi connectivity index (χ1n) is 5.32. The zero-order valence-electron chi connectivity index (χ0n) is 9.09. The Morgan fingerprint density at radius 1 is 1.15 bits per heavy atom. The molecule has 2 heteroatoms. The second kappa shape index (κ2) is 2.71. The van der Waals surface area contributed by atoms with Crippen LogP contribution in [0.25, 0.3) is 0 Å². The minimum absolute atomic E-state index is 0.0405. The van der Waals surface area contributed by atoms with Gasteiger partial charge in [-0.25, -0.2) is 0 Å². The van der Waals surface area contributed by atoms with Crippen LogP contribution in [-0.2, 0) is 9.47 Å². The number of rotatable bonds is 1. The van der Waals surface area contributed by atoms with Crippen LogP contribution >= 0.6 is 0 Å². The van der Waals surface area contributed by atoms with Gasteiger partial charge in [0.15, 0.2) is 0 Å². The predicted octanol–water partition coefficient (Wildman–Crippen LogP) is 2.23. The van der Waals surface area contributed by atoms with Crippen LogP contribution in [-0.4, -0.2) is 24.4 Å². The largest absolute Gasteiger partial charge is 0.372 e. The zero-order valence-corrected chi connectivity index (χ0v) is 9.09. The molecule has 2 nitrogen and oxygen atoms in total. The lowest BCUT2D eigenvalue weighted by atomic mass is 9.74.